The smallest absolute Gasteiger partial charge is 0.157 e. The molecule has 3 heterocycles. The Morgan fingerprint density at radius 3 is 2.71 bits per heavy atom. The molecular formula is C15H24N6. The van der Waals surface area contributed by atoms with Gasteiger partial charge in [-0.1, -0.05) is 6.92 Å². The van der Waals surface area contributed by atoms with Gasteiger partial charge in [0.2, 0.25) is 0 Å². The third-order valence-electron chi connectivity index (χ3n) is 4.17. The van der Waals surface area contributed by atoms with E-state index >= 15 is 0 Å². The van der Waals surface area contributed by atoms with E-state index in [1.165, 1.54) is 5.56 Å². The van der Waals surface area contributed by atoms with E-state index in [1.807, 2.05) is 4.52 Å². The molecule has 0 aromatic carbocycles. The monoisotopic (exact) mass is 288 g/mol. The summed E-state index contributed by atoms with van der Waals surface area (Å²) in [6, 6.07) is 4.26. The van der Waals surface area contributed by atoms with E-state index in [4.69, 9.17) is 5.73 Å². The fourth-order valence-electron chi connectivity index (χ4n) is 2.94. The zero-order valence-corrected chi connectivity index (χ0v) is 12.9. The van der Waals surface area contributed by atoms with Gasteiger partial charge in [-0.3, -0.25) is 4.90 Å². The van der Waals surface area contributed by atoms with Gasteiger partial charge in [0.05, 0.1) is 0 Å². The van der Waals surface area contributed by atoms with Crippen LogP contribution in [0.25, 0.3) is 5.65 Å². The molecule has 2 aromatic rings. The van der Waals surface area contributed by atoms with E-state index in [9.17, 15) is 0 Å². The van der Waals surface area contributed by atoms with Crippen molar-refractivity contribution in [2.24, 2.45) is 11.7 Å². The molecule has 1 aliphatic heterocycles. The number of aryl methyl sites for hydroxylation is 1. The van der Waals surface area contributed by atoms with Crippen LogP contribution in [0.3, 0.4) is 0 Å². The second-order valence-corrected chi connectivity index (χ2v) is 6.05. The molecule has 6 nitrogen and oxygen atoms in total. The Morgan fingerprint density at radius 1 is 1.24 bits per heavy atom. The van der Waals surface area contributed by atoms with Gasteiger partial charge in [0.15, 0.2) is 5.65 Å². The first-order valence-electron chi connectivity index (χ1n) is 7.65. The van der Waals surface area contributed by atoms with Crippen LogP contribution in [-0.2, 0) is 0 Å². The van der Waals surface area contributed by atoms with Crippen molar-refractivity contribution in [3.05, 3.63) is 24.0 Å². The molecule has 0 amide bonds. The predicted molar refractivity (Wildman–Crippen MR) is 84.6 cm³/mol. The highest BCUT2D eigenvalue weighted by Crippen LogP contribution is 2.19. The maximum absolute atomic E-state index is 5.72. The Morgan fingerprint density at radius 2 is 2.00 bits per heavy atom. The van der Waals surface area contributed by atoms with E-state index in [0.29, 0.717) is 5.92 Å². The van der Waals surface area contributed by atoms with Crippen LogP contribution >= 0.6 is 0 Å². The number of pyridine rings is 1. The van der Waals surface area contributed by atoms with E-state index in [-0.39, 0.29) is 0 Å². The number of piperazine rings is 1. The molecule has 1 unspecified atom stereocenters. The number of hydrogen-bond acceptors (Lipinski definition) is 5. The van der Waals surface area contributed by atoms with Crippen molar-refractivity contribution >= 4 is 11.5 Å². The molecule has 0 aliphatic carbocycles. The molecule has 21 heavy (non-hydrogen) atoms. The summed E-state index contributed by atoms with van der Waals surface area (Å²) < 4.78 is 1.94. The fraction of sp³-hybridized carbons (Fsp3) is 0.600. The summed E-state index contributed by atoms with van der Waals surface area (Å²) in [6.45, 7) is 10.4. The van der Waals surface area contributed by atoms with Gasteiger partial charge in [-0.05, 0) is 37.1 Å². The lowest BCUT2D eigenvalue weighted by atomic mass is 10.1. The maximum Gasteiger partial charge on any atom is 0.157 e. The quantitative estimate of drug-likeness (QED) is 0.900. The number of fused-ring (bicyclic) bond motifs is 1. The maximum atomic E-state index is 5.72. The molecule has 2 aromatic heterocycles. The van der Waals surface area contributed by atoms with E-state index in [2.05, 4.69) is 45.9 Å². The second-order valence-electron chi connectivity index (χ2n) is 6.05. The number of aromatic nitrogens is 3. The van der Waals surface area contributed by atoms with Gasteiger partial charge in [-0.25, -0.2) is 4.98 Å². The lowest BCUT2D eigenvalue weighted by Gasteiger charge is -2.37. The lowest BCUT2D eigenvalue weighted by Crippen LogP contribution is -2.48. The van der Waals surface area contributed by atoms with E-state index in [0.717, 1.165) is 50.7 Å². The molecule has 0 bridgehead atoms. The molecule has 6 heteroatoms. The van der Waals surface area contributed by atoms with Crippen LogP contribution in [0.4, 0.5) is 5.82 Å². The Balaban J connectivity index is 1.72. The molecule has 1 atom stereocenters. The molecule has 2 N–H and O–H groups in total. The predicted octanol–water partition coefficient (Wildman–Crippen LogP) is 0.755. The van der Waals surface area contributed by atoms with Crippen molar-refractivity contribution in [3.8, 4) is 0 Å². The van der Waals surface area contributed by atoms with Crippen molar-refractivity contribution < 1.29 is 0 Å². The topological polar surface area (TPSA) is 62.7 Å². The van der Waals surface area contributed by atoms with Crippen molar-refractivity contribution in [3.63, 3.8) is 0 Å². The highest BCUT2D eigenvalue weighted by molar-refractivity contribution is 5.53. The van der Waals surface area contributed by atoms with Crippen LogP contribution < -0.4 is 10.6 Å². The molecule has 0 spiro atoms. The van der Waals surface area contributed by atoms with Crippen molar-refractivity contribution in [1.29, 1.82) is 0 Å². The number of anilines is 1. The summed E-state index contributed by atoms with van der Waals surface area (Å²) in [5.41, 5.74) is 7.87. The Hall–Kier alpha value is -1.66. The average molecular weight is 288 g/mol. The second kappa shape index (κ2) is 5.99. The minimum absolute atomic E-state index is 0.567. The zero-order valence-electron chi connectivity index (χ0n) is 12.9. The SMILES string of the molecule is Cc1cc(N2CCN(CC(C)CN)CC2)n2ncnc2c1. The van der Waals surface area contributed by atoms with Crippen LogP contribution in [-0.4, -0.2) is 58.8 Å². The first-order chi connectivity index (χ1) is 10.2. The van der Waals surface area contributed by atoms with Gasteiger partial charge in [0.1, 0.15) is 12.1 Å². The van der Waals surface area contributed by atoms with Crippen LogP contribution in [0.5, 0.6) is 0 Å². The summed E-state index contributed by atoms with van der Waals surface area (Å²) in [5.74, 6) is 1.71. The van der Waals surface area contributed by atoms with Gasteiger partial charge in [-0.15, -0.1) is 0 Å². The van der Waals surface area contributed by atoms with Crippen molar-refractivity contribution in [2.75, 3.05) is 44.2 Å². The standard InChI is InChI=1S/C15H24N6/c1-12-7-14-17-11-18-21(14)15(8-12)20-5-3-19(4-6-20)10-13(2)9-16/h7-8,11,13H,3-6,9-10,16H2,1-2H3. The molecule has 0 saturated carbocycles. The van der Waals surface area contributed by atoms with Crippen molar-refractivity contribution in [1.82, 2.24) is 19.5 Å². The van der Waals surface area contributed by atoms with E-state index in [1.54, 1.807) is 6.33 Å². The molecule has 0 radical (unpaired) electrons. The molecule has 114 valence electrons. The highest BCUT2D eigenvalue weighted by Gasteiger charge is 2.20. The summed E-state index contributed by atoms with van der Waals surface area (Å²) in [7, 11) is 0. The summed E-state index contributed by atoms with van der Waals surface area (Å²) in [4.78, 5) is 9.20. The summed E-state index contributed by atoms with van der Waals surface area (Å²) in [5, 5.41) is 4.35. The van der Waals surface area contributed by atoms with Gasteiger partial charge >= 0.3 is 0 Å². The Bertz CT molecular complexity index is 599. The van der Waals surface area contributed by atoms with E-state index < -0.39 is 0 Å². The van der Waals surface area contributed by atoms with Gasteiger partial charge in [0, 0.05) is 32.7 Å². The highest BCUT2D eigenvalue weighted by atomic mass is 15.4. The zero-order chi connectivity index (χ0) is 14.8. The number of nitrogens with two attached hydrogens (primary N) is 1. The minimum Gasteiger partial charge on any atom is -0.354 e. The first-order valence-corrected chi connectivity index (χ1v) is 7.65. The van der Waals surface area contributed by atoms with Gasteiger partial charge in [-0.2, -0.15) is 9.61 Å². The van der Waals surface area contributed by atoms with Gasteiger partial charge in [0.25, 0.3) is 0 Å². The average Bonchev–Trinajstić information content (AvgIpc) is 2.95. The summed E-state index contributed by atoms with van der Waals surface area (Å²) in [6.07, 6.45) is 1.62. The number of nitrogens with zero attached hydrogens (tertiary/aromatic N) is 5. The first kappa shape index (κ1) is 14.3. The number of rotatable bonds is 4. The van der Waals surface area contributed by atoms with Crippen molar-refractivity contribution in [2.45, 2.75) is 13.8 Å². The Kier molecular flexibility index (Phi) is 4.07. The third-order valence-corrected chi connectivity index (χ3v) is 4.17. The Labute approximate surface area is 125 Å². The largest absolute Gasteiger partial charge is 0.354 e. The minimum atomic E-state index is 0.567. The van der Waals surface area contributed by atoms with Crippen LogP contribution in [0.2, 0.25) is 0 Å². The lowest BCUT2D eigenvalue weighted by molar-refractivity contribution is 0.226. The molecule has 3 rings (SSSR count). The molecule has 1 fully saturated rings. The van der Waals surface area contributed by atoms with Crippen LogP contribution in [0.1, 0.15) is 12.5 Å². The molecule has 1 aliphatic rings. The normalized spacial score (nSPS) is 18.3. The molecule has 1 saturated heterocycles. The number of hydrogen-bond donors (Lipinski definition) is 1. The van der Waals surface area contributed by atoms with Gasteiger partial charge < -0.3 is 10.6 Å². The summed E-state index contributed by atoms with van der Waals surface area (Å²) >= 11 is 0. The van der Waals surface area contributed by atoms with Crippen LogP contribution in [0, 0.1) is 12.8 Å². The van der Waals surface area contributed by atoms with Crippen LogP contribution in [0.15, 0.2) is 18.5 Å². The third kappa shape index (κ3) is 3.01. The molecular weight excluding hydrogens is 264 g/mol. The fourth-order valence-corrected chi connectivity index (χ4v) is 2.94.